The van der Waals surface area contributed by atoms with E-state index in [1.165, 1.54) is 0 Å². The van der Waals surface area contributed by atoms with Gasteiger partial charge < -0.3 is 9.32 Å². The van der Waals surface area contributed by atoms with Gasteiger partial charge in [0.15, 0.2) is 0 Å². The maximum atomic E-state index is 10.4. The molecule has 1 aromatic heterocycles. The van der Waals surface area contributed by atoms with Gasteiger partial charge in [0, 0.05) is 24.0 Å². The second-order valence-corrected chi connectivity index (χ2v) is 3.78. The van der Waals surface area contributed by atoms with E-state index in [0.29, 0.717) is 6.42 Å². The SMILES string of the molecule is CC(CC=O)c1cc(-c2ccccc2)no1. The molecule has 1 aromatic carbocycles. The van der Waals surface area contributed by atoms with E-state index in [9.17, 15) is 4.79 Å². The molecule has 1 atom stereocenters. The third kappa shape index (κ3) is 2.19. The Hall–Kier alpha value is -1.90. The molecule has 1 heterocycles. The fraction of sp³-hybridized carbons (Fsp3) is 0.231. The monoisotopic (exact) mass is 215 g/mol. The van der Waals surface area contributed by atoms with Crippen LogP contribution in [0.1, 0.15) is 25.0 Å². The van der Waals surface area contributed by atoms with Crippen LogP contribution in [0.5, 0.6) is 0 Å². The lowest BCUT2D eigenvalue weighted by Gasteiger charge is -1.99. The number of carbonyl (C=O) groups is 1. The van der Waals surface area contributed by atoms with Gasteiger partial charge in [-0.3, -0.25) is 0 Å². The molecule has 0 spiro atoms. The smallest absolute Gasteiger partial charge is 0.140 e. The zero-order valence-corrected chi connectivity index (χ0v) is 9.09. The van der Waals surface area contributed by atoms with Gasteiger partial charge in [0.05, 0.1) is 0 Å². The van der Waals surface area contributed by atoms with Gasteiger partial charge in [0.1, 0.15) is 17.7 Å². The van der Waals surface area contributed by atoms with E-state index >= 15 is 0 Å². The van der Waals surface area contributed by atoms with Crippen molar-refractivity contribution in [2.75, 3.05) is 0 Å². The molecule has 0 fully saturated rings. The Labute approximate surface area is 94.1 Å². The second-order valence-electron chi connectivity index (χ2n) is 3.78. The van der Waals surface area contributed by atoms with Crippen molar-refractivity contribution in [1.82, 2.24) is 5.16 Å². The van der Waals surface area contributed by atoms with Crippen LogP contribution in [0, 0.1) is 0 Å². The van der Waals surface area contributed by atoms with Crippen LogP contribution in [0.15, 0.2) is 40.9 Å². The first-order chi connectivity index (χ1) is 7.81. The van der Waals surface area contributed by atoms with Crippen LogP contribution in [0.4, 0.5) is 0 Å². The zero-order valence-electron chi connectivity index (χ0n) is 9.09. The Kier molecular flexibility index (Phi) is 3.15. The highest BCUT2D eigenvalue weighted by molar-refractivity contribution is 5.59. The summed E-state index contributed by atoms with van der Waals surface area (Å²) in [4.78, 5) is 10.4. The molecule has 0 radical (unpaired) electrons. The summed E-state index contributed by atoms with van der Waals surface area (Å²) in [5.41, 5.74) is 1.84. The Morgan fingerprint density at radius 2 is 2.12 bits per heavy atom. The number of aldehydes is 1. The summed E-state index contributed by atoms with van der Waals surface area (Å²) in [7, 11) is 0. The van der Waals surface area contributed by atoms with E-state index in [4.69, 9.17) is 4.52 Å². The van der Waals surface area contributed by atoms with Crippen LogP contribution in [-0.4, -0.2) is 11.4 Å². The van der Waals surface area contributed by atoms with Gasteiger partial charge in [-0.1, -0.05) is 42.4 Å². The van der Waals surface area contributed by atoms with Crippen LogP contribution in [0.2, 0.25) is 0 Å². The lowest BCUT2D eigenvalue weighted by atomic mass is 10.0. The Balaban J connectivity index is 2.23. The van der Waals surface area contributed by atoms with Crippen molar-refractivity contribution in [3.05, 3.63) is 42.2 Å². The molecule has 2 aromatic rings. The first kappa shape index (κ1) is 10.6. The first-order valence-electron chi connectivity index (χ1n) is 5.27. The molecule has 0 aliphatic carbocycles. The quantitative estimate of drug-likeness (QED) is 0.736. The van der Waals surface area contributed by atoms with E-state index < -0.39 is 0 Å². The predicted molar refractivity (Wildman–Crippen MR) is 61.0 cm³/mol. The summed E-state index contributed by atoms with van der Waals surface area (Å²) in [5.74, 6) is 0.841. The molecule has 0 aliphatic heterocycles. The lowest BCUT2D eigenvalue weighted by molar-refractivity contribution is -0.108. The number of benzene rings is 1. The second kappa shape index (κ2) is 4.75. The zero-order chi connectivity index (χ0) is 11.4. The molecule has 0 bridgehead atoms. The highest BCUT2D eigenvalue weighted by atomic mass is 16.5. The van der Waals surface area contributed by atoms with Crippen LogP contribution in [0.3, 0.4) is 0 Å². The molecule has 3 heteroatoms. The van der Waals surface area contributed by atoms with E-state index in [-0.39, 0.29) is 5.92 Å². The first-order valence-corrected chi connectivity index (χ1v) is 5.27. The van der Waals surface area contributed by atoms with Crippen molar-refractivity contribution in [1.29, 1.82) is 0 Å². The standard InChI is InChI=1S/C13H13NO2/c1-10(7-8-15)13-9-12(14-16-13)11-5-3-2-4-6-11/h2-6,8-10H,7H2,1H3. The van der Waals surface area contributed by atoms with E-state index in [1.54, 1.807) is 0 Å². The topological polar surface area (TPSA) is 43.1 Å². The number of nitrogens with zero attached hydrogens (tertiary/aromatic N) is 1. The van der Waals surface area contributed by atoms with Crippen LogP contribution < -0.4 is 0 Å². The Morgan fingerprint density at radius 1 is 1.38 bits per heavy atom. The normalized spacial score (nSPS) is 12.3. The Bertz CT molecular complexity index is 462. The van der Waals surface area contributed by atoms with Crippen molar-refractivity contribution in [3.8, 4) is 11.3 Å². The van der Waals surface area contributed by atoms with Crippen molar-refractivity contribution in [2.24, 2.45) is 0 Å². The summed E-state index contributed by atoms with van der Waals surface area (Å²) < 4.78 is 5.22. The number of rotatable bonds is 4. The predicted octanol–water partition coefficient (Wildman–Crippen LogP) is 3.03. The fourth-order valence-corrected chi connectivity index (χ4v) is 1.53. The summed E-state index contributed by atoms with van der Waals surface area (Å²) >= 11 is 0. The van der Waals surface area contributed by atoms with Crippen molar-refractivity contribution >= 4 is 6.29 Å². The van der Waals surface area contributed by atoms with Crippen molar-refractivity contribution in [3.63, 3.8) is 0 Å². The van der Waals surface area contributed by atoms with Crippen LogP contribution >= 0.6 is 0 Å². The highest BCUT2D eigenvalue weighted by Crippen LogP contribution is 2.24. The van der Waals surface area contributed by atoms with Crippen molar-refractivity contribution < 1.29 is 9.32 Å². The molecule has 0 N–H and O–H groups in total. The third-order valence-corrected chi connectivity index (χ3v) is 2.53. The summed E-state index contributed by atoms with van der Waals surface area (Å²) in [6, 6.07) is 11.7. The molecule has 1 unspecified atom stereocenters. The molecule has 82 valence electrons. The van der Waals surface area contributed by atoms with Gasteiger partial charge in [-0.25, -0.2) is 0 Å². The number of carbonyl (C=O) groups excluding carboxylic acids is 1. The molecule has 0 aliphatic rings. The molecular weight excluding hydrogens is 202 g/mol. The highest BCUT2D eigenvalue weighted by Gasteiger charge is 2.12. The molecule has 2 rings (SSSR count). The van der Waals surface area contributed by atoms with E-state index in [2.05, 4.69) is 5.16 Å². The summed E-state index contributed by atoms with van der Waals surface area (Å²) in [6.45, 7) is 1.95. The number of aromatic nitrogens is 1. The molecular formula is C13H13NO2. The lowest BCUT2D eigenvalue weighted by Crippen LogP contribution is -1.91. The maximum absolute atomic E-state index is 10.4. The molecule has 16 heavy (non-hydrogen) atoms. The van der Waals surface area contributed by atoms with Gasteiger partial charge in [-0.15, -0.1) is 0 Å². The minimum absolute atomic E-state index is 0.0856. The number of hydrogen-bond donors (Lipinski definition) is 0. The van der Waals surface area contributed by atoms with Gasteiger partial charge >= 0.3 is 0 Å². The summed E-state index contributed by atoms with van der Waals surface area (Å²) in [5, 5.41) is 4.00. The molecule has 0 amide bonds. The van der Waals surface area contributed by atoms with Crippen LogP contribution in [0.25, 0.3) is 11.3 Å². The van der Waals surface area contributed by atoms with E-state index in [0.717, 1.165) is 23.3 Å². The molecule has 0 saturated heterocycles. The minimum Gasteiger partial charge on any atom is -0.360 e. The average molecular weight is 215 g/mol. The fourth-order valence-electron chi connectivity index (χ4n) is 1.53. The molecule has 0 saturated carbocycles. The largest absolute Gasteiger partial charge is 0.360 e. The van der Waals surface area contributed by atoms with E-state index in [1.807, 2.05) is 43.3 Å². The van der Waals surface area contributed by atoms with Crippen molar-refractivity contribution in [2.45, 2.75) is 19.3 Å². The van der Waals surface area contributed by atoms with Gasteiger partial charge in [0.25, 0.3) is 0 Å². The van der Waals surface area contributed by atoms with Gasteiger partial charge in [-0.2, -0.15) is 0 Å². The Morgan fingerprint density at radius 3 is 2.81 bits per heavy atom. The third-order valence-electron chi connectivity index (χ3n) is 2.53. The molecule has 3 nitrogen and oxygen atoms in total. The van der Waals surface area contributed by atoms with Gasteiger partial charge in [0.2, 0.25) is 0 Å². The average Bonchev–Trinajstić information content (AvgIpc) is 2.80. The number of hydrogen-bond acceptors (Lipinski definition) is 3. The maximum Gasteiger partial charge on any atom is 0.140 e. The van der Waals surface area contributed by atoms with Crippen LogP contribution in [-0.2, 0) is 4.79 Å². The minimum atomic E-state index is 0.0856. The summed E-state index contributed by atoms with van der Waals surface area (Å²) in [6.07, 6.45) is 1.36. The van der Waals surface area contributed by atoms with Gasteiger partial charge in [-0.05, 0) is 0 Å².